The standard InChI is InChI=1S/C19H16Cl2N2O/c1-10-2-5-17-14(6-10)15-8-12(9-18(15)23-17)22-19(24)13-4-3-11(20)7-16(13)21/h2-7,12,23H,8-9H2,1H3,(H,22,24). The van der Waals surface area contributed by atoms with Crippen molar-refractivity contribution in [3.63, 3.8) is 0 Å². The van der Waals surface area contributed by atoms with E-state index in [9.17, 15) is 4.79 Å². The van der Waals surface area contributed by atoms with Gasteiger partial charge in [0.2, 0.25) is 0 Å². The molecule has 0 radical (unpaired) electrons. The fraction of sp³-hybridized carbons (Fsp3) is 0.211. The first-order valence-corrected chi connectivity index (χ1v) is 8.63. The molecular weight excluding hydrogens is 343 g/mol. The lowest BCUT2D eigenvalue weighted by atomic mass is 10.1. The average Bonchev–Trinajstić information content (AvgIpc) is 3.04. The van der Waals surface area contributed by atoms with Gasteiger partial charge in [-0.2, -0.15) is 0 Å². The van der Waals surface area contributed by atoms with Gasteiger partial charge in [0.1, 0.15) is 0 Å². The SMILES string of the molecule is Cc1ccc2[nH]c3c(c2c1)CC(NC(=O)c1ccc(Cl)cc1Cl)C3. The molecule has 1 aliphatic carbocycles. The van der Waals surface area contributed by atoms with E-state index in [-0.39, 0.29) is 11.9 Å². The minimum absolute atomic E-state index is 0.0791. The van der Waals surface area contributed by atoms with Crippen molar-refractivity contribution in [1.82, 2.24) is 10.3 Å². The third-order valence-electron chi connectivity index (χ3n) is 4.56. The molecule has 1 atom stereocenters. The van der Waals surface area contributed by atoms with Crippen LogP contribution in [0, 0.1) is 6.92 Å². The predicted molar refractivity (Wildman–Crippen MR) is 98.2 cm³/mol. The highest BCUT2D eigenvalue weighted by molar-refractivity contribution is 6.36. The molecule has 24 heavy (non-hydrogen) atoms. The van der Waals surface area contributed by atoms with Crippen LogP contribution in [0.2, 0.25) is 10.0 Å². The van der Waals surface area contributed by atoms with Gasteiger partial charge in [0.15, 0.2) is 0 Å². The average molecular weight is 359 g/mol. The normalized spacial score (nSPS) is 16.4. The minimum atomic E-state index is -0.160. The van der Waals surface area contributed by atoms with Crippen LogP contribution < -0.4 is 5.32 Å². The maximum Gasteiger partial charge on any atom is 0.253 e. The lowest BCUT2D eigenvalue weighted by molar-refractivity contribution is 0.0938. The summed E-state index contributed by atoms with van der Waals surface area (Å²) >= 11 is 12.0. The first kappa shape index (κ1) is 15.6. The van der Waals surface area contributed by atoms with Gasteiger partial charge in [0.25, 0.3) is 5.91 Å². The Kier molecular flexibility index (Phi) is 3.78. The van der Waals surface area contributed by atoms with Crippen LogP contribution >= 0.6 is 23.2 Å². The molecule has 0 bridgehead atoms. The molecule has 5 heteroatoms. The molecule has 0 spiro atoms. The second-order valence-corrected chi connectivity index (χ2v) is 7.18. The molecule has 1 amide bonds. The molecule has 2 N–H and O–H groups in total. The number of halogens is 2. The van der Waals surface area contributed by atoms with Gasteiger partial charge >= 0.3 is 0 Å². The summed E-state index contributed by atoms with van der Waals surface area (Å²) in [6, 6.07) is 11.4. The van der Waals surface area contributed by atoms with Crippen molar-refractivity contribution in [2.24, 2.45) is 0 Å². The van der Waals surface area contributed by atoms with Crippen LogP contribution in [0.4, 0.5) is 0 Å². The number of H-pyrrole nitrogens is 1. The topological polar surface area (TPSA) is 44.9 Å². The lowest BCUT2D eigenvalue weighted by Crippen LogP contribution is -2.35. The zero-order chi connectivity index (χ0) is 16.8. The Hall–Kier alpha value is -1.97. The number of hydrogen-bond acceptors (Lipinski definition) is 1. The van der Waals surface area contributed by atoms with Crippen LogP contribution in [0.15, 0.2) is 36.4 Å². The molecule has 1 unspecified atom stereocenters. The van der Waals surface area contributed by atoms with E-state index in [4.69, 9.17) is 23.2 Å². The molecule has 0 saturated carbocycles. The number of hydrogen-bond donors (Lipinski definition) is 2. The van der Waals surface area contributed by atoms with Crippen LogP contribution in [-0.2, 0) is 12.8 Å². The zero-order valence-electron chi connectivity index (χ0n) is 13.1. The van der Waals surface area contributed by atoms with Crippen molar-refractivity contribution in [2.75, 3.05) is 0 Å². The maximum absolute atomic E-state index is 12.5. The number of amides is 1. The summed E-state index contributed by atoms with van der Waals surface area (Å²) in [6.07, 6.45) is 1.63. The van der Waals surface area contributed by atoms with Crippen molar-refractivity contribution < 1.29 is 4.79 Å². The number of rotatable bonds is 2. The molecular formula is C19H16Cl2N2O. The molecule has 3 nitrogen and oxygen atoms in total. The van der Waals surface area contributed by atoms with Gasteiger partial charge in [-0.05, 0) is 49.2 Å². The summed E-state index contributed by atoms with van der Waals surface area (Å²) in [5, 5.41) is 5.23. The summed E-state index contributed by atoms with van der Waals surface area (Å²) in [5.41, 5.74) is 5.38. The Morgan fingerprint density at radius 2 is 2.00 bits per heavy atom. The van der Waals surface area contributed by atoms with Gasteiger partial charge < -0.3 is 10.3 Å². The Morgan fingerprint density at radius 1 is 1.17 bits per heavy atom. The Bertz CT molecular complexity index is 961. The quantitative estimate of drug-likeness (QED) is 0.686. The smallest absolute Gasteiger partial charge is 0.253 e. The summed E-state index contributed by atoms with van der Waals surface area (Å²) in [6.45, 7) is 2.09. The van der Waals surface area contributed by atoms with Crippen molar-refractivity contribution in [2.45, 2.75) is 25.8 Å². The zero-order valence-corrected chi connectivity index (χ0v) is 14.6. The first-order chi connectivity index (χ1) is 11.5. The minimum Gasteiger partial charge on any atom is -0.358 e. The maximum atomic E-state index is 12.5. The lowest BCUT2D eigenvalue weighted by Gasteiger charge is -2.13. The van der Waals surface area contributed by atoms with Crippen LogP contribution in [0.1, 0.15) is 27.2 Å². The number of carbonyl (C=O) groups is 1. The number of nitrogens with one attached hydrogen (secondary N) is 2. The first-order valence-electron chi connectivity index (χ1n) is 7.87. The molecule has 0 aliphatic heterocycles. The van der Waals surface area contributed by atoms with Gasteiger partial charge in [0.05, 0.1) is 10.6 Å². The molecule has 122 valence electrons. The van der Waals surface area contributed by atoms with E-state index in [1.807, 2.05) is 0 Å². The number of fused-ring (bicyclic) bond motifs is 3. The van der Waals surface area contributed by atoms with Crippen LogP contribution in [0.3, 0.4) is 0 Å². The Balaban J connectivity index is 1.54. The molecule has 4 rings (SSSR count). The number of carbonyl (C=O) groups excluding carboxylic acids is 1. The molecule has 3 aromatic rings. The number of benzene rings is 2. The van der Waals surface area contributed by atoms with E-state index < -0.39 is 0 Å². The highest BCUT2D eigenvalue weighted by atomic mass is 35.5. The van der Waals surface area contributed by atoms with E-state index in [1.54, 1.807) is 18.2 Å². The Morgan fingerprint density at radius 3 is 2.79 bits per heavy atom. The van der Waals surface area contributed by atoms with Gasteiger partial charge in [-0.15, -0.1) is 0 Å². The van der Waals surface area contributed by atoms with E-state index in [2.05, 4.69) is 35.4 Å². The second-order valence-electron chi connectivity index (χ2n) is 6.33. The fourth-order valence-electron chi connectivity index (χ4n) is 3.43. The predicted octanol–water partition coefficient (Wildman–Crippen LogP) is 4.68. The monoisotopic (exact) mass is 358 g/mol. The van der Waals surface area contributed by atoms with Crippen molar-refractivity contribution in [3.05, 3.63) is 68.8 Å². The summed E-state index contributed by atoms with van der Waals surface area (Å²) in [5.74, 6) is -0.160. The number of aryl methyl sites for hydroxylation is 1. The van der Waals surface area contributed by atoms with Crippen molar-refractivity contribution in [3.8, 4) is 0 Å². The summed E-state index contributed by atoms with van der Waals surface area (Å²) < 4.78 is 0. The third kappa shape index (κ3) is 2.68. The van der Waals surface area contributed by atoms with E-state index in [0.29, 0.717) is 15.6 Å². The van der Waals surface area contributed by atoms with Crippen LogP contribution in [0.5, 0.6) is 0 Å². The molecule has 0 fully saturated rings. The van der Waals surface area contributed by atoms with Crippen LogP contribution in [0.25, 0.3) is 10.9 Å². The molecule has 1 aromatic heterocycles. The Labute approximate surface area is 150 Å². The van der Waals surface area contributed by atoms with E-state index in [0.717, 1.165) is 18.4 Å². The second kappa shape index (κ2) is 5.83. The van der Waals surface area contributed by atoms with Crippen molar-refractivity contribution in [1.29, 1.82) is 0 Å². The number of aromatic nitrogens is 1. The molecule has 0 saturated heterocycles. The number of aromatic amines is 1. The highest BCUT2D eigenvalue weighted by Gasteiger charge is 2.27. The van der Waals surface area contributed by atoms with Crippen molar-refractivity contribution >= 4 is 40.0 Å². The van der Waals surface area contributed by atoms with Gasteiger partial charge in [0, 0.05) is 34.1 Å². The largest absolute Gasteiger partial charge is 0.358 e. The molecule has 2 aromatic carbocycles. The molecule has 1 heterocycles. The van der Waals surface area contributed by atoms with E-state index in [1.165, 1.54) is 22.2 Å². The third-order valence-corrected chi connectivity index (χ3v) is 5.11. The summed E-state index contributed by atoms with van der Waals surface area (Å²) in [4.78, 5) is 15.9. The highest BCUT2D eigenvalue weighted by Crippen LogP contribution is 2.31. The van der Waals surface area contributed by atoms with Gasteiger partial charge in [-0.1, -0.05) is 34.8 Å². The van der Waals surface area contributed by atoms with E-state index >= 15 is 0 Å². The summed E-state index contributed by atoms with van der Waals surface area (Å²) in [7, 11) is 0. The van der Waals surface area contributed by atoms with Crippen LogP contribution in [-0.4, -0.2) is 16.9 Å². The van der Waals surface area contributed by atoms with Gasteiger partial charge in [-0.3, -0.25) is 4.79 Å². The molecule has 1 aliphatic rings. The van der Waals surface area contributed by atoms with Gasteiger partial charge in [-0.25, -0.2) is 0 Å². The fourth-order valence-corrected chi connectivity index (χ4v) is 3.92.